The number of carbonyl (C=O) groups excluding carboxylic acids is 1. The predicted molar refractivity (Wildman–Crippen MR) is 135 cm³/mol. The van der Waals surface area contributed by atoms with Crippen LogP contribution < -0.4 is 4.90 Å². The van der Waals surface area contributed by atoms with Crippen molar-refractivity contribution in [2.75, 3.05) is 70.6 Å². The number of ether oxygens (including phenoxy) is 2. The van der Waals surface area contributed by atoms with E-state index in [9.17, 15) is 4.79 Å². The van der Waals surface area contributed by atoms with E-state index in [-0.39, 0.29) is 17.4 Å². The van der Waals surface area contributed by atoms with Crippen LogP contribution in [0.15, 0.2) is 12.4 Å². The number of hydrogen-bond donors (Lipinski definition) is 0. The van der Waals surface area contributed by atoms with Crippen LogP contribution in [0.3, 0.4) is 0 Å². The molecule has 3 fully saturated rings. The van der Waals surface area contributed by atoms with E-state index < -0.39 is 5.82 Å². The molecule has 6 rings (SSSR count). The molecule has 1 amide bonds. The lowest BCUT2D eigenvalue weighted by atomic mass is 10.0. The van der Waals surface area contributed by atoms with Crippen molar-refractivity contribution in [2.24, 2.45) is 14.1 Å². The molecule has 0 radical (unpaired) electrons. The summed E-state index contributed by atoms with van der Waals surface area (Å²) in [4.78, 5) is 29.3. The topological polar surface area (TPSA) is 93.8 Å². The fraction of sp³-hybridized carbons (Fsp3) is 0.600. The van der Waals surface area contributed by atoms with E-state index in [4.69, 9.17) is 14.5 Å². The zero-order valence-corrected chi connectivity index (χ0v) is 21.4. The van der Waals surface area contributed by atoms with Gasteiger partial charge < -0.3 is 23.8 Å². The van der Waals surface area contributed by atoms with Gasteiger partial charge >= 0.3 is 0 Å². The average molecular weight is 513 g/mol. The number of rotatable bonds is 4. The quantitative estimate of drug-likeness (QED) is 0.516. The number of aromatic nitrogens is 5. The maximum atomic E-state index is 16.1. The molecule has 198 valence electrons. The van der Waals surface area contributed by atoms with Crippen LogP contribution in [-0.2, 0) is 23.6 Å². The van der Waals surface area contributed by atoms with Gasteiger partial charge in [-0.25, -0.2) is 14.4 Å². The number of likely N-dealkylation sites (tertiary alicyclic amines) is 1. The van der Waals surface area contributed by atoms with E-state index >= 15 is 4.39 Å². The molecule has 37 heavy (non-hydrogen) atoms. The minimum atomic E-state index is -0.453. The molecule has 3 aliphatic rings. The maximum Gasteiger partial charge on any atom is 0.289 e. The third-order valence-corrected chi connectivity index (χ3v) is 7.73. The summed E-state index contributed by atoms with van der Waals surface area (Å²) in [6.07, 6.45) is 5.18. The van der Waals surface area contributed by atoms with Gasteiger partial charge in [0.15, 0.2) is 11.5 Å². The van der Waals surface area contributed by atoms with Crippen LogP contribution in [0, 0.1) is 5.82 Å². The van der Waals surface area contributed by atoms with Gasteiger partial charge in [0.2, 0.25) is 5.82 Å². The molecule has 3 saturated heterocycles. The molecular formula is C25H33FN8O3. The Morgan fingerprint density at radius 2 is 1.65 bits per heavy atom. The molecule has 0 atom stereocenters. The Bertz CT molecular complexity index is 1290. The van der Waals surface area contributed by atoms with Gasteiger partial charge in [0.05, 0.1) is 32.6 Å². The number of carbonyl (C=O) groups is 1. The number of imidazole rings is 1. The fourth-order valence-corrected chi connectivity index (χ4v) is 5.67. The number of pyridine rings is 1. The van der Waals surface area contributed by atoms with Crippen LogP contribution in [-0.4, -0.2) is 112 Å². The molecule has 0 saturated carbocycles. The Hall–Kier alpha value is -3.09. The van der Waals surface area contributed by atoms with E-state index in [0.717, 1.165) is 39.1 Å². The first-order valence-electron chi connectivity index (χ1n) is 13.0. The van der Waals surface area contributed by atoms with E-state index in [2.05, 4.69) is 15.0 Å². The first kappa shape index (κ1) is 24.3. The molecule has 11 nitrogen and oxygen atoms in total. The predicted octanol–water partition coefficient (Wildman–Crippen LogP) is 1.28. The second-order valence-corrected chi connectivity index (χ2v) is 9.96. The number of aryl methyl sites for hydroxylation is 2. The summed E-state index contributed by atoms with van der Waals surface area (Å²) < 4.78 is 30.4. The smallest absolute Gasteiger partial charge is 0.289 e. The molecule has 12 heteroatoms. The summed E-state index contributed by atoms with van der Waals surface area (Å²) >= 11 is 0. The van der Waals surface area contributed by atoms with Crippen molar-refractivity contribution in [1.29, 1.82) is 0 Å². The van der Waals surface area contributed by atoms with Crippen molar-refractivity contribution >= 4 is 22.8 Å². The highest BCUT2D eigenvalue weighted by Crippen LogP contribution is 2.35. The number of nitrogens with zero attached hydrogens (tertiary/aromatic N) is 8. The van der Waals surface area contributed by atoms with Crippen molar-refractivity contribution in [3.63, 3.8) is 0 Å². The van der Waals surface area contributed by atoms with Gasteiger partial charge in [0.1, 0.15) is 16.9 Å². The van der Waals surface area contributed by atoms with Crippen molar-refractivity contribution in [1.82, 2.24) is 34.1 Å². The van der Waals surface area contributed by atoms with E-state index in [1.165, 1.54) is 0 Å². The van der Waals surface area contributed by atoms with Gasteiger partial charge in [0, 0.05) is 71.2 Å². The maximum absolute atomic E-state index is 16.1. The van der Waals surface area contributed by atoms with E-state index in [0.29, 0.717) is 67.8 Å². The zero-order chi connectivity index (χ0) is 25.5. The summed E-state index contributed by atoms with van der Waals surface area (Å²) in [7, 11) is 3.57. The summed E-state index contributed by atoms with van der Waals surface area (Å²) in [5.74, 6) is -0.312. The van der Waals surface area contributed by atoms with Crippen molar-refractivity contribution < 1.29 is 18.7 Å². The molecule has 0 aliphatic carbocycles. The van der Waals surface area contributed by atoms with Crippen LogP contribution in [0.1, 0.15) is 23.5 Å². The number of anilines is 1. The number of morpholine rings is 2. The van der Waals surface area contributed by atoms with Gasteiger partial charge in [0.25, 0.3) is 5.91 Å². The molecule has 0 aromatic carbocycles. The number of hydrogen-bond acceptors (Lipinski definition) is 8. The summed E-state index contributed by atoms with van der Waals surface area (Å²) in [5, 5.41) is 4.20. The van der Waals surface area contributed by atoms with Gasteiger partial charge in [-0.1, -0.05) is 0 Å². The Kier molecular flexibility index (Phi) is 6.55. The number of halogens is 1. The highest BCUT2D eigenvalue weighted by molar-refractivity contribution is 5.98. The number of fused-ring (bicyclic) bond motifs is 1. The first-order valence-corrected chi connectivity index (χ1v) is 13.0. The number of piperidine rings is 1. The highest BCUT2D eigenvalue weighted by Gasteiger charge is 2.32. The van der Waals surface area contributed by atoms with Gasteiger partial charge in [-0.15, -0.1) is 0 Å². The SMILES string of the molecule is Cn1cc(-c2nc3c(nc(C(=O)N4CCC(N5CCOCC5)CC4)n3C)c(N3CCOCC3)c2F)cn1. The molecule has 3 aromatic heterocycles. The van der Waals surface area contributed by atoms with Crippen LogP contribution in [0.5, 0.6) is 0 Å². The van der Waals surface area contributed by atoms with Crippen LogP contribution in [0.2, 0.25) is 0 Å². The minimum absolute atomic E-state index is 0.141. The van der Waals surface area contributed by atoms with Crippen molar-refractivity contribution in [3.05, 3.63) is 24.0 Å². The second kappa shape index (κ2) is 9.99. The van der Waals surface area contributed by atoms with Crippen molar-refractivity contribution in [2.45, 2.75) is 18.9 Å². The van der Waals surface area contributed by atoms with E-state index in [1.807, 2.05) is 9.80 Å². The minimum Gasteiger partial charge on any atom is -0.379 e. The van der Waals surface area contributed by atoms with Crippen LogP contribution in [0.4, 0.5) is 10.1 Å². The molecule has 3 aliphatic heterocycles. The molecule has 3 aromatic rings. The van der Waals surface area contributed by atoms with Crippen molar-refractivity contribution in [3.8, 4) is 11.3 Å². The molecular weight excluding hydrogens is 479 g/mol. The lowest BCUT2D eigenvalue weighted by Crippen LogP contribution is -2.50. The Morgan fingerprint density at radius 1 is 0.973 bits per heavy atom. The van der Waals surface area contributed by atoms with Gasteiger partial charge in [-0.3, -0.25) is 14.4 Å². The fourth-order valence-electron chi connectivity index (χ4n) is 5.67. The summed E-state index contributed by atoms with van der Waals surface area (Å²) in [6, 6.07) is 0.471. The van der Waals surface area contributed by atoms with Crippen LogP contribution in [0.25, 0.3) is 22.4 Å². The highest BCUT2D eigenvalue weighted by atomic mass is 19.1. The van der Waals surface area contributed by atoms with Crippen LogP contribution >= 0.6 is 0 Å². The lowest BCUT2D eigenvalue weighted by molar-refractivity contribution is 0.00143. The standard InChI is InChI=1S/C25H33FN8O3/c1-30-16-17(15-27-30)20-19(26)22(33-9-13-37-14-10-33)21-23(28-20)31(2)24(29-21)25(35)34-5-3-18(4-6-34)32-7-11-36-12-8-32/h15-16,18H,3-14H2,1-2H3. The third-order valence-electron chi connectivity index (χ3n) is 7.73. The Morgan fingerprint density at radius 3 is 2.30 bits per heavy atom. The lowest BCUT2D eigenvalue weighted by Gasteiger charge is -2.39. The third kappa shape index (κ3) is 4.47. The molecule has 6 heterocycles. The van der Waals surface area contributed by atoms with E-state index in [1.54, 1.807) is 35.7 Å². The zero-order valence-electron chi connectivity index (χ0n) is 21.4. The Balaban J connectivity index is 1.34. The first-order chi connectivity index (χ1) is 18.0. The molecule has 0 spiro atoms. The largest absolute Gasteiger partial charge is 0.379 e. The number of amides is 1. The molecule has 0 unspecified atom stereocenters. The molecule has 0 N–H and O–H groups in total. The molecule has 0 bridgehead atoms. The van der Waals surface area contributed by atoms with Gasteiger partial charge in [-0.05, 0) is 12.8 Å². The summed E-state index contributed by atoms with van der Waals surface area (Å²) in [6.45, 7) is 6.87. The second-order valence-electron chi connectivity index (χ2n) is 9.96. The summed E-state index contributed by atoms with van der Waals surface area (Å²) in [5.41, 5.74) is 2.04. The van der Waals surface area contributed by atoms with Gasteiger partial charge in [-0.2, -0.15) is 5.10 Å². The normalized spacial score (nSPS) is 20.2. The average Bonchev–Trinajstić information content (AvgIpc) is 3.51. The Labute approximate surface area is 214 Å². The monoisotopic (exact) mass is 512 g/mol.